The van der Waals surface area contributed by atoms with Gasteiger partial charge in [-0.05, 0) is 29.7 Å². The molecule has 1 nitrogen and oxygen atoms in total. The van der Waals surface area contributed by atoms with Crippen LogP contribution in [0.5, 0.6) is 5.75 Å². The zero-order chi connectivity index (χ0) is 14.6. The number of benzene rings is 2. The Bertz CT molecular complexity index is 539. The van der Waals surface area contributed by atoms with Crippen molar-refractivity contribution in [2.24, 2.45) is 0 Å². The van der Waals surface area contributed by atoms with Crippen LogP contribution >= 0.6 is 0 Å². The lowest BCUT2D eigenvalue weighted by Crippen LogP contribution is -2.06. The molecule has 2 rings (SSSR count). The zero-order valence-corrected chi connectivity index (χ0v) is 11.7. The van der Waals surface area contributed by atoms with Gasteiger partial charge in [-0.15, -0.1) is 0 Å². The summed E-state index contributed by atoms with van der Waals surface area (Å²) in [6.07, 6.45) is 0.967. The summed E-state index contributed by atoms with van der Waals surface area (Å²) in [7, 11) is 0. The number of alkyl halides is 2. The summed E-state index contributed by atoms with van der Waals surface area (Å²) in [6.45, 7) is 3.65. The van der Waals surface area contributed by atoms with E-state index < -0.39 is 5.92 Å². The summed E-state index contributed by atoms with van der Waals surface area (Å²) in [6, 6.07) is 14.0. The topological polar surface area (TPSA) is 9.23 Å². The van der Waals surface area contributed by atoms with Crippen molar-refractivity contribution in [3.05, 3.63) is 54.1 Å². The standard InChI is InChI=1S/C17H18F2O/c1-3-12-20-16-10-6-14(7-11-16)13-4-8-15(9-5-13)17(2,18)19/h4-11H,3,12H2,1-2H3. The molecule has 0 amide bonds. The van der Waals surface area contributed by atoms with Crippen LogP contribution in [0.15, 0.2) is 48.5 Å². The highest BCUT2D eigenvalue weighted by molar-refractivity contribution is 5.64. The summed E-state index contributed by atoms with van der Waals surface area (Å²) in [5.41, 5.74) is 1.93. The first-order valence-corrected chi connectivity index (χ1v) is 6.72. The average molecular weight is 276 g/mol. The van der Waals surface area contributed by atoms with Crippen molar-refractivity contribution < 1.29 is 13.5 Å². The van der Waals surface area contributed by atoms with Crippen molar-refractivity contribution in [3.63, 3.8) is 0 Å². The summed E-state index contributed by atoms with van der Waals surface area (Å²) in [5, 5.41) is 0. The molecule has 0 bridgehead atoms. The van der Waals surface area contributed by atoms with E-state index in [0.717, 1.165) is 30.2 Å². The van der Waals surface area contributed by atoms with Crippen LogP contribution in [0.3, 0.4) is 0 Å². The molecular weight excluding hydrogens is 258 g/mol. The van der Waals surface area contributed by atoms with E-state index in [0.29, 0.717) is 6.61 Å². The highest BCUT2D eigenvalue weighted by Crippen LogP contribution is 2.29. The van der Waals surface area contributed by atoms with Gasteiger partial charge in [0, 0.05) is 12.5 Å². The summed E-state index contributed by atoms with van der Waals surface area (Å²) < 4.78 is 31.8. The van der Waals surface area contributed by atoms with Gasteiger partial charge in [-0.3, -0.25) is 0 Å². The molecule has 0 atom stereocenters. The van der Waals surface area contributed by atoms with E-state index in [1.54, 1.807) is 12.1 Å². The molecule has 2 aromatic rings. The van der Waals surface area contributed by atoms with E-state index in [1.807, 2.05) is 24.3 Å². The van der Waals surface area contributed by atoms with Crippen LogP contribution in [0.1, 0.15) is 25.8 Å². The summed E-state index contributed by atoms with van der Waals surface area (Å²) in [4.78, 5) is 0. The predicted octanol–water partition coefficient (Wildman–Crippen LogP) is 5.25. The molecule has 0 aliphatic rings. The second-order valence-electron chi connectivity index (χ2n) is 4.84. The number of halogens is 2. The highest BCUT2D eigenvalue weighted by Gasteiger charge is 2.23. The Morgan fingerprint density at radius 3 is 1.85 bits per heavy atom. The van der Waals surface area contributed by atoms with E-state index in [4.69, 9.17) is 4.74 Å². The van der Waals surface area contributed by atoms with Gasteiger partial charge < -0.3 is 4.74 Å². The Kier molecular flexibility index (Phi) is 4.38. The lowest BCUT2D eigenvalue weighted by molar-refractivity contribution is 0.0175. The first kappa shape index (κ1) is 14.5. The maximum absolute atomic E-state index is 13.1. The number of hydrogen-bond acceptors (Lipinski definition) is 1. The van der Waals surface area contributed by atoms with Crippen molar-refractivity contribution in [2.75, 3.05) is 6.61 Å². The van der Waals surface area contributed by atoms with E-state index >= 15 is 0 Å². The maximum atomic E-state index is 13.1. The molecular formula is C17H18F2O. The van der Waals surface area contributed by atoms with Crippen molar-refractivity contribution in [1.29, 1.82) is 0 Å². The number of hydrogen-bond donors (Lipinski definition) is 0. The summed E-state index contributed by atoms with van der Waals surface area (Å²) >= 11 is 0. The molecule has 0 saturated heterocycles. The molecule has 0 radical (unpaired) electrons. The van der Waals surface area contributed by atoms with E-state index in [1.165, 1.54) is 12.1 Å². The van der Waals surface area contributed by atoms with Crippen LogP contribution in [-0.2, 0) is 5.92 Å². The van der Waals surface area contributed by atoms with Crippen LogP contribution in [0.25, 0.3) is 11.1 Å². The van der Waals surface area contributed by atoms with E-state index in [-0.39, 0.29) is 5.56 Å². The maximum Gasteiger partial charge on any atom is 0.270 e. The SMILES string of the molecule is CCCOc1ccc(-c2ccc(C(C)(F)F)cc2)cc1. The fourth-order valence-electron chi connectivity index (χ4n) is 1.92. The fraction of sp³-hybridized carbons (Fsp3) is 0.294. The fourth-order valence-corrected chi connectivity index (χ4v) is 1.92. The van der Waals surface area contributed by atoms with Crippen LogP contribution in [-0.4, -0.2) is 6.61 Å². The van der Waals surface area contributed by atoms with E-state index in [2.05, 4.69) is 6.92 Å². The zero-order valence-electron chi connectivity index (χ0n) is 11.7. The minimum atomic E-state index is -2.80. The van der Waals surface area contributed by atoms with Crippen LogP contribution < -0.4 is 4.74 Å². The smallest absolute Gasteiger partial charge is 0.270 e. The minimum Gasteiger partial charge on any atom is -0.494 e. The number of ether oxygens (including phenoxy) is 1. The van der Waals surface area contributed by atoms with Gasteiger partial charge in [0.15, 0.2) is 0 Å². The molecule has 106 valence electrons. The largest absolute Gasteiger partial charge is 0.494 e. The third-order valence-electron chi connectivity index (χ3n) is 3.05. The highest BCUT2D eigenvalue weighted by atomic mass is 19.3. The third-order valence-corrected chi connectivity index (χ3v) is 3.05. The van der Waals surface area contributed by atoms with Gasteiger partial charge >= 0.3 is 0 Å². The van der Waals surface area contributed by atoms with Crippen LogP contribution in [0.4, 0.5) is 8.78 Å². The monoisotopic (exact) mass is 276 g/mol. The van der Waals surface area contributed by atoms with Gasteiger partial charge in [0.2, 0.25) is 0 Å². The van der Waals surface area contributed by atoms with Crippen molar-refractivity contribution >= 4 is 0 Å². The average Bonchev–Trinajstić information content (AvgIpc) is 2.45. The summed E-state index contributed by atoms with van der Waals surface area (Å²) in [5.74, 6) is -1.97. The quantitative estimate of drug-likeness (QED) is 0.724. The number of rotatable bonds is 5. The lowest BCUT2D eigenvalue weighted by Gasteiger charge is -2.11. The van der Waals surface area contributed by atoms with Gasteiger partial charge in [-0.2, -0.15) is 0 Å². The molecule has 0 N–H and O–H groups in total. The molecule has 0 unspecified atom stereocenters. The molecule has 0 fully saturated rings. The van der Waals surface area contributed by atoms with Crippen LogP contribution in [0.2, 0.25) is 0 Å². The van der Waals surface area contributed by atoms with Crippen molar-refractivity contribution in [2.45, 2.75) is 26.2 Å². The van der Waals surface area contributed by atoms with Gasteiger partial charge in [0.05, 0.1) is 6.61 Å². The van der Waals surface area contributed by atoms with Gasteiger partial charge in [-0.25, -0.2) is 8.78 Å². The molecule has 3 heteroatoms. The lowest BCUT2D eigenvalue weighted by atomic mass is 10.0. The first-order chi connectivity index (χ1) is 9.50. The van der Waals surface area contributed by atoms with Crippen molar-refractivity contribution in [3.8, 4) is 16.9 Å². The first-order valence-electron chi connectivity index (χ1n) is 6.72. The van der Waals surface area contributed by atoms with Crippen LogP contribution in [0, 0.1) is 0 Å². The molecule has 0 aromatic heterocycles. The molecule has 0 saturated carbocycles. The predicted molar refractivity (Wildman–Crippen MR) is 77.2 cm³/mol. The Hall–Kier alpha value is -1.90. The second-order valence-corrected chi connectivity index (χ2v) is 4.84. The molecule has 0 spiro atoms. The molecule has 0 aliphatic heterocycles. The third kappa shape index (κ3) is 3.56. The van der Waals surface area contributed by atoms with Gasteiger partial charge in [-0.1, -0.05) is 43.3 Å². The molecule has 2 aromatic carbocycles. The normalized spacial score (nSPS) is 11.4. The molecule has 20 heavy (non-hydrogen) atoms. The van der Waals surface area contributed by atoms with Gasteiger partial charge in [0.25, 0.3) is 5.92 Å². The molecule has 0 heterocycles. The second kappa shape index (κ2) is 6.04. The van der Waals surface area contributed by atoms with Crippen molar-refractivity contribution in [1.82, 2.24) is 0 Å². The molecule has 0 aliphatic carbocycles. The van der Waals surface area contributed by atoms with E-state index in [9.17, 15) is 8.78 Å². The van der Waals surface area contributed by atoms with Gasteiger partial charge in [0.1, 0.15) is 5.75 Å². The Morgan fingerprint density at radius 1 is 0.900 bits per heavy atom. The Morgan fingerprint density at radius 2 is 1.40 bits per heavy atom. The minimum absolute atomic E-state index is 0.0316. The Labute approximate surface area is 118 Å². The Balaban J connectivity index is 2.15.